The first-order chi connectivity index (χ1) is 8.37. The van der Waals surface area contributed by atoms with E-state index < -0.39 is 15.2 Å². The van der Waals surface area contributed by atoms with Crippen LogP contribution in [0.5, 0.6) is 0 Å². The minimum absolute atomic E-state index is 0.0365. The molecule has 0 saturated carbocycles. The molecule has 0 spiro atoms. The molecule has 2 rings (SSSR count). The van der Waals surface area contributed by atoms with Gasteiger partial charge in [0.15, 0.2) is 9.84 Å². The number of sulfone groups is 1. The standard InChI is InChI=1S/C11H10Cl2O3S2/c12-8-3-1-7(2-4-8)11(14)17-10-6-18(15,16)5-9(10)13/h1-4,9-10H,5-6H2/t9-,10-/m1/s1. The largest absolute Gasteiger partial charge is 0.282 e. The van der Waals surface area contributed by atoms with E-state index in [1.807, 2.05) is 0 Å². The highest BCUT2D eigenvalue weighted by molar-refractivity contribution is 8.15. The van der Waals surface area contributed by atoms with E-state index in [1.54, 1.807) is 24.3 Å². The van der Waals surface area contributed by atoms with Gasteiger partial charge < -0.3 is 0 Å². The zero-order chi connectivity index (χ0) is 13.3. The summed E-state index contributed by atoms with van der Waals surface area (Å²) in [5, 5.41) is -0.509. The van der Waals surface area contributed by atoms with Gasteiger partial charge in [0.2, 0.25) is 5.12 Å². The van der Waals surface area contributed by atoms with E-state index in [0.29, 0.717) is 10.6 Å². The van der Waals surface area contributed by atoms with Crippen LogP contribution >= 0.6 is 35.0 Å². The summed E-state index contributed by atoms with van der Waals surface area (Å²) in [5.41, 5.74) is 0.498. The molecule has 0 bridgehead atoms. The van der Waals surface area contributed by atoms with Gasteiger partial charge in [-0.05, 0) is 24.3 Å². The Morgan fingerprint density at radius 3 is 2.33 bits per heavy atom. The molecule has 1 aromatic carbocycles. The second-order valence-corrected chi connectivity index (χ2v) is 8.41. The third-order valence-corrected chi connectivity index (χ3v) is 6.81. The Kier molecular flexibility index (Phi) is 4.26. The fraction of sp³-hybridized carbons (Fsp3) is 0.364. The fourth-order valence-electron chi connectivity index (χ4n) is 1.67. The van der Waals surface area contributed by atoms with Gasteiger partial charge in [-0.3, -0.25) is 4.79 Å². The van der Waals surface area contributed by atoms with Crippen LogP contribution in [0.1, 0.15) is 10.4 Å². The van der Waals surface area contributed by atoms with Crippen LogP contribution in [-0.4, -0.2) is 35.7 Å². The second kappa shape index (κ2) is 5.41. The molecule has 0 amide bonds. The smallest absolute Gasteiger partial charge is 0.219 e. The van der Waals surface area contributed by atoms with Crippen LogP contribution in [0.3, 0.4) is 0 Å². The zero-order valence-electron chi connectivity index (χ0n) is 9.18. The first-order valence-electron chi connectivity index (χ1n) is 5.18. The molecule has 0 unspecified atom stereocenters. The number of rotatable bonds is 2. The average Bonchev–Trinajstić information content (AvgIpc) is 2.52. The van der Waals surface area contributed by atoms with Crippen molar-refractivity contribution in [1.29, 1.82) is 0 Å². The van der Waals surface area contributed by atoms with E-state index in [-0.39, 0.29) is 21.9 Å². The van der Waals surface area contributed by atoms with E-state index in [9.17, 15) is 13.2 Å². The van der Waals surface area contributed by atoms with Crippen molar-refractivity contribution in [2.45, 2.75) is 10.6 Å². The molecular formula is C11H10Cl2O3S2. The molecule has 1 aliphatic heterocycles. The number of benzene rings is 1. The molecule has 3 nitrogen and oxygen atoms in total. The van der Waals surface area contributed by atoms with E-state index in [1.165, 1.54) is 0 Å². The Balaban J connectivity index is 2.06. The van der Waals surface area contributed by atoms with Gasteiger partial charge >= 0.3 is 0 Å². The summed E-state index contributed by atoms with van der Waals surface area (Å²) in [7, 11) is -3.11. The van der Waals surface area contributed by atoms with Crippen molar-refractivity contribution >= 4 is 49.9 Å². The summed E-state index contributed by atoms with van der Waals surface area (Å²) in [5.74, 6) is -0.0920. The maximum absolute atomic E-state index is 11.9. The van der Waals surface area contributed by atoms with Crippen molar-refractivity contribution < 1.29 is 13.2 Å². The Hall–Kier alpha value is -0.230. The number of alkyl halides is 1. The van der Waals surface area contributed by atoms with Crippen molar-refractivity contribution in [1.82, 2.24) is 0 Å². The normalized spacial score (nSPS) is 26.1. The fourth-order valence-corrected chi connectivity index (χ4v) is 6.12. The number of hydrogen-bond acceptors (Lipinski definition) is 4. The number of hydrogen-bond donors (Lipinski definition) is 0. The van der Waals surface area contributed by atoms with E-state index in [2.05, 4.69) is 0 Å². The molecule has 0 aromatic heterocycles. The van der Waals surface area contributed by atoms with Crippen molar-refractivity contribution in [2.24, 2.45) is 0 Å². The lowest BCUT2D eigenvalue weighted by atomic mass is 10.2. The average molecular weight is 325 g/mol. The van der Waals surface area contributed by atoms with Crippen LogP contribution in [0.2, 0.25) is 5.02 Å². The lowest BCUT2D eigenvalue weighted by molar-refractivity contribution is 0.108. The molecule has 7 heteroatoms. The second-order valence-electron chi connectivity index (χ2n) is 4.04. The van der Waals surface area contributed by atoms with Crippen molar-refractivity contribution in [3.8, 4) is 0 Å². The molecule has 98 valence electrons. The van der Waals surface area contributed by atoms with Crippen molar-refractivity contribution in [3.63, 3.8) is 0 Å². The minimum atomic E-state index is -3.11. The highest BCUT2D eigenvalue weighted by atomic mass is 35.5. The van der Waals surface area contributed by atoms with Gasteiger partial charge in [-0.25, -0.2) is 8.42 Å². The quantitative estimate of drug-likeness (QED) is 0.785. The van der Waals surface area contributed by atoms with Crippen LogP contribution in [0.15, 0.2) is 24.3 Å². The Labute approximate surface area is 120 Å². The summed E-state index contributed by atoms with van der Waals surface area (Å²) in [4.78, 5) is 11.9. The predicted octanol–water partition coefficient (Wildman–Crippen LogP) is 2.62. The molecular weight excluding hydrogens is 315 g/mol. The Bertz CT molecular complexity index is 554. The van der Waals surface area contributed by atoms with Crippen LogP contribution in [0.25, 0.3) is 0 Å². The summed E-state index contributed by atoms with van der Waals surface area (Å²) < 4.78 is 22.8. The summed E-state index contributed by atoms with van der Waals surface area (Å²) in [6.07, 6.45) is 0. The topological polar surface area (TPSA) is 51.2 Å². The molecule has 2 atom stereocenters. The number of thioether (sulfide) groups is 1. The number of halogens is 2. The molecule has 1 saturated heterocycles. The molecule has 18 heavy (non-hydrogen) atoms. The van der Waals surface area contributed by atoms with Gasteiger partial charge in [0.05, 0.1) is 16.9 Å². The monoisotopic (exact) mass is 324 g/mol. The number of carbonyl (C=O) groups is 1. The summed E-state index contributed by atoms with van der Waals surface area (Å²) in [6.45, 7) is 0. The first kappa shape index (κ1) is 14.2. The van der Waals surface area contributed by atoms with Gasteiger partial charge in [0.1, 0.15) is 0 Å². The highest BCUT2D eigenvalue weighted by Gasteiger charge is 2.38. The van der Waals surface area contributed by atoms with Crippen LogP contribution in [-0.2, 0) is 9.84 Å². The van der Waals surface area contributed by atoms with Crippen LogP contribution in [0, 0.1) is 0 Å². The first-order valence-corrected chi connectivity index (χ1v) is 8.70. The molecule has 0 radical (unpaired) electrons. The van der Waals surface area contributed by atoms with Crippen LogP contribution in [0.4, 0.5) is 0 Å². The molecule has 1 fully saturated rings. The maximum atomic E-state index is 11.9. The minimum Gasteiger partial charge on any atom is -0.282 e. The van der Waals surface area contributed by atoms with Gasteiger partial charge in [0, 0.05) is 15.8 Å². The molecule has 1 heterocycles. The third-order valence-electron chi connectivity index (χ3n) is 2.57. The van der Waals surface area contributed by atoms with Gasteiger partial charge in [0.25, 0.3) is 0 Å². The predicted molar refractivity (Wildman–Crippen MR) is 75.5 cm³/mol. The maximum Gasteiger partial charge on any atom is 0.219 e. The summed E-state index contributed by atoms with van der Waals surface area (Å²) >= 11 is 12.7. The molecule has 0 aliphatic carbocycles. The lowest BCUT2D eigenvalue weighted by Gasteiger charge is -2.09. The SMILES string of the molecule is O=C(S[C@@H]1CS(=O)(=O)C[C@H]1Cl)c1ccc(Cl)cc1. The van der Waals surface area contributed by atoms with E-state index in [0.717, 1.165) is 11.8 Å². The van der Waals surface area contributed by atoms with Gasteiger partial charge in [-0.1, -0.05) is 23.4 Å². The van der Waals surface area contributed by atoms with Crippen molar-refractivity contribution in [2.75, 3.05) is 11.5 Å². The lowest BCUT2D eigenvalue weighted by Crippen LogP contribution is -2.17. The van der Waals surface area contributed by atoms with Gasteiger partial charge in [-0.2, -0.15) is 0 Å². The highest BCUT2D eigenvalue weighted by Crippen LogP contribution is 2.31. The van der Waals surface area contributed by atoms with E-state index in [4.69, 9.17) is 23.2 Å². The van der Waals surface area contributed by atoms with Crippen LogP contribution < -0.4 is 0 Å². The molecule has 1 aliphatic rings. The molecule has 1 aromatic rings. The Morgan fingerprint density at radius 2 is 1.83 bits per heavy atom. The third kappa shape index (κ3) is 3.41. The van der Waals surface area contributed by atoms with Crippen molar-refractivity contribution in [3.05, 3.63) is 34.9 Å². The Morgan fingerprint density at radius 1 is 1.22 bits per heavy atom. The van der Waals surface area contributed by atoms with E-state index >= 15 is 0 Å². The summed E-state index contributed by atoms with van der Waals surface area (Å²) in [6, 6.07) is 6.48. The zero-order valence-corrected chi connectivity index (χ0v) is 12.3. The molecule has 0 N–H and O–H groups in total. The number of carbonyl (C=O) groups excluding carboxylic acids is 1. The van der Waals surface area contributed by atoms with Gasteiger partial charge in [-0.15, -0.1) is 11.6 Å².